The van der Waals surface area contributed by atoms with Gasteiger partial charge >= 0.3 is 0 Å². The number of hydrogen-bond donors (Lipinski definition) is 0. The highest BCUT2D eigenvalue weighted by Crippen LogP contribution is 2.17. The number of imidazole rings is 1. The minimum absolute atomic E-state index is 0.718. The molecule has 1 aromatic carbocycles. The minimum Gasteiger partial charge on any atom is -0.319 e. The summed E-state index contributed by atoms with van der Waals surface area (Å²) in [6.45, 7) is 6.81. The van der Waals surface area contributed by atoms with E-state index in [1.807, 2.05) is 13.3 Å². The molecule has 2 rings (SSSR count). The summed E-state index contributed by atoms with van der Waals surface area (Å²) in [7, 11) is 0. The molecule has 0 amide bonds. The topological polar surface area (TPSA) is 17.8 Å². The first-order chi connectivity index (χ1) is 7.22. The zero-order chi connectivity index (χ0) is 10.8. The second kappa shape index (κ2) is 3.78. The first-order valence-corrected chi connectivity index (χ1v) is 5.04. The molecule has 2 heteroatoms. The molecule has 0 bridgehead atoms. The lowest BCUT2D eigenvalue weighted by Crippen LogP contribution is -1.93. The molecular formula is C13H14N2. The summed E-state index contributed by atoms with van der Waals surface area (Å²) in [5.74, 6) is 5.95. The van der Waals surface area contributed by atoms with E-state index in [0.29, 0.717) is 0 Å². The Labute approximate surface area is 89.9 Å². The van der Waals surface area contributed by atoms with Gasteiger partial charge in [0.15, 0.2) is 0 Å². The highest BCUT2D eigenvalue weighted by atomic mass is 15.0. The highest BCUT2D eigenvalue weighted by Gasteiger charge is 2.03. The summed E-state index contributed by atoms with van der Waals surface area (Å²) >= 11 is 0. The fraction of sp³-hybridized carbons (Fsp3) is 0.308. The Morgan fingerprint density at radius 1 is 1.27 bits per heavy atom. The van der Waals surface area contributed by atoms with Crippen molar-refractivity contribution in [3.63, 3.8) is 0 Å². The third-order valence-electron chi connectivity index (χ3n) is 2.66. The molecule has 0 fully saturated rings. The van der Waals surface area contributed by atoms with E-state index < -0.39 is 0 Å². The fourth-order valence-electron chi connectivity index (χ4n) is 1.60. The van der Waals surface area contributed by atoms with Crippen molar-refractivity contribution in [3.05, 3.63) is 29.6 Å². The summed E-state index contributed by atoms with van der Waals surface area (Å²) in [6, 6.07) is 4.30. The maximum absolute atomic E-state index is 4.37. The quantitative estimate of drug-likeness (QED) is 0.644. The van der Waals surface area contributed by atoms with Crippen LogP contribution in [-0.2, 0) is 6.54 Å². The Balaban J connectivity index is 2.57. The zero-order valence-electron chi connectivity index (χ0n) is 9.33. The first kappa shape index (κ1) is 9.79. The average molecular weight is 198 g/mol. The van der Waals surface area contributed by atoms with Crippen molar-refractivity contribution in [2.45, 2.75) is 27.3 Å². The van der Waals surface area contributed by atoms with Crippen molar-refractivity contribution in [1.29, 1.82) is 0 Å². The lowest BCUT2D eigenvalue weighted by atomic mass is 10.1. The smallest absolute Gasteiger partial charge is 0.0966 e. The third-order valence-corrected chi connectivity index (χ3v) is 2.66. The summed E-state index contributed by atoms with van der Waals surface area (Å²) in [5.41, 5.74) is 4.81. The Morgan fingerprint density at radius 2 is 2.00 bits per heavy atom. The van der Waals surface area contributed by atoms with Crippen LogP contribution >= 0.6 is 0 Å². The van der Waals surface area contributed by atoms with E-state index in [9.17, 15) is 0 Å². The van der Waals surface area contributed by atoms with Crippen molar-refractivity contribution in [2.75, 3.05) is 0 Å². The van der Waals surface area contributed by atoms with Crippen LogP contribution in [0.2, 0.25) is 0 Å². The summed E-state index contributed by atoms with van der Waals surface area (Å²) < 4.78 is 2.08. The van der Waals surface area contributed by atoms with Gasteiger partial charge in [0, 0.05) is 0 Å². The molecule has 0 unspecified atom stereocenters. The van der Waals surface area contributed by atoms with Gasteiger partial charge in [0.1, 0.15) is 0 Å². The molecule has 0 saturated carbocycles. The van der Waals surface area contributed by atoms with Crippen LogP contribution in [0.25, 0.3) is 11.0 Å². The van der Waals surface area contributed by atoms with E-state index in [-0.39, 0.29) is 0 Å². The molecule has 2 nitrogen and oxygen atoms in total. The van der Waals surface area contributed by atoms with Crippen molar-refractivity contribution in [3.8, 4) is 11.8 Å². The van der Waals surface area contributed by atoms with Gasteiger partial charge in [0.2, 0.25) is 0 Å². The van der Waals surface area contributed by atoms with Crippen LogP contribution < -0.4 is 0 Å². The van der Waals surface area contributed by atoms with Crippen molar-refractivity contribution in [2.24, 2.45) is 0 Å². The fourth-order valence-corrected chi connectivity index (χ4v) is 1.60. The molecule has 0 aliphatic rings. The largest absolute Gasteiger partial charge is 0.319 e. The van der Waals surface area contributed by atoms with Gasteiger partial charge in [-0.3, -0.25) is 0 Å². The molecule has 0 N–H and O–H groups in total. The first-order valence-electron chi connectivity index (χ1n) is 5.04. The van der Waals surface area contributed by atoms with Gasteiger partial charge in [0.25, 0.3) is 0 Å². The van der Waals surface area contributed by atoms with E-state index in [2.05, 4.69) is 47.4 Å². The Bertz CT molecular complexity index is 553. The molecule has 0 saturated heterocycles. The summed E-state index contributed by atoms with van der Waals surface area (Å²) in [4.78, 5) is 4.37. The molecule has 1 heterocycles. The van der Waals surface area contributed by atoms with Crippen LogP contribution in [0.15, 0.2) is 18.5 Å². The van der Waals surface area contributed by atoms with Gasteiger partial charge in [-0.2, -0.15) is 0 Å². The van der Waals surface area contributed by atoms with Crippen molar-refractivity contribution in [1.82, 2.24) is 9.55 Å². The van der Waals surface area contributed by atoms with E-state index in [1.54, 1.807) is 0 Å². The highest BCUT2D eigenvalue weighted by molar-refractivity contribution is 5.77. The number of rotatable bonds is 1. The van der Waals surface area contributed by atoms with Gasteiger partial charge in [-0.15, -0.1) is 5.92 Å². The molecule has 15 heavy (non-hydrogen) atoms. The number of aromatic nitrogens is 2. The molecule has 1 aromatic heterocycles. The predicted octanol–water partition coefficient (Wildman–Crippen LogP) is 2.68. The molecule has 0 radical (unpaired) electrons. The zero-order valence-corrected chi connectivity index (χ0v) is 9.33. The normalized spacial score (nSPS) is 10.1. The van der Waals surface area contributed by atoms with Gasteiger partial charge < -0.3 is 4.57 Å². The third kappa shape index (κ3) is 1.73. The molecule has 0 atom stereocenters. The van der Waals surface area contributed by atoms with E-state index >= 15 is 0 Å². The molecule has 0 aliphatic carbocycles. The molecule has 76 valence electrons. The maximum atomic E-state index is 4.37. The van der Waals surface area contributed by atoms with Gasteiger partial charge in [-0.05, 0) is 44.0 Å². The van der Waals surface area contributed by atoms with E-state index in [4.69, 9.17) is 0 Å². The second-order valence-corrected chi connectivity index (χ2v) is 3.72. The molecule has 0 aliphatic heterocycles. The molecule has 2 aromatic rings. The van der Waals surface area contributed by atoms with Crippen LogP contribution in [0.3, 0.4) is 0 Å². The number of benzene rings is 1. The average Bonchev–Trinajstić information content (AvgIpc) is 2.59. The van der Waals surface area contributed by atoms with Crippen LogP contribution in [-0.4, -0.2) is 9.55 Å². The number of aryl methyl sites for hydroxylation is 2. The van der Waals surface area contributed by atoms with Crippen molar-refractivity contribution < 1.29 is 0 Å². The van der Waals surface area contributed by atoms with Crippen LogP contribution in [0, 0.1) is 25.7 Å². The summed E-state index contributed by atoms with van der Waals surface area (Å²) in [5, 5.41) is 0. The van der Waals surface area contributed by atoms with Gasteiger partial charge in [-0.25, -0.2) is 4.98 Å². The lowest BCUT2D eigenvalue weighted by Gasteiger charge is -2.02. The number of nitrogens with zero attached hydrogens (tertiary/aromatic N) is 2. The lowest BCUT2D eigenvalue weighted by molar-refractivity contribution is 0.869. The number of fused-ring (bicyclic) bond motifs is 1. The maximum Gasteiger partial charge on any atom is 0.0966 e. The Hall–Kier alpha value is -1.75. The molecule has 0 spiro atoms. The number of hydrogen-bond acceptors (Lipinski definition) is 1. The van der Waals surface area contributed by atoms with Crippen LogP contribution in [0.5, 0.6) is 0 Å². The van der Waals surface area contributed by atoms with Gasteiger partial charge in [-0.1, -0.05) is 5.92 Å². The van der Waals surface area contributed by atoms with Crippen LogP contribution in [0.4, 0.5) is 0 Å². The SMILES string of the molecule is CC#CCn1cnc2cc(C)c(C)cc21. The predicted molar refractivity (Wildman–Crippen MR) is 62.7 cm³/mol. The van der Waals surface area contributed by atoms with E-state index in [0.717, 1.165) is 12.1 Å². The van der Waals surface area contributed by atoms with Crippen molar-refractivity contribution >= 4 is 11.0 Å². The summed E-state index contributed by atoms with van der Waals surface area (Å²) in [6.07, 6.45) is 1.86. The standard InChI is InChI=1S/C13H14N2/c1-4-5-6-15-9-14-12-7-10(2)11(3)8-13(12)15/h7-9H,6H2,1-3H3. The second-order valence-electron chi connectivity index (χ2n) is 3.72. The Kier molecular flexibility index (Phi) is 2.47. The Morgan fingerprint density at radius 3 is 2.73 bits per heavy atom. The minimum atomic E-state index is 0.718. The van der Waals surface area contributed by atoms with Crippen LogP contribution in [0.1, 0.15) is 18.1 Å². The van der Waals surface area contributed by atoms with E-state index in [1.165, 1.54) is 16.6 Å². The van der Waals surface area contributed by atoms with Gasteiger partial charge in [0.05, 0.1) is 23.9 Å². The molecular weight excluding hydrogens is 184 g/mol. The monoisotopic (exact) mass is 198 g/mol.